The van der Waals surface area contributed by atoms with Gasteiger partial charge in [0.2, 0.25) is 0 Å². The molecule has 0 saturated heterocycles. The fourth-order valence-electron chi connectivity index (χ4n) is 1.90. The summed E-state index contributed by atoms with van der Waals surface area (Å²) in [5.74, 6) is 0. The van der Waals surface area contributed by atoms with E-state index in [2.05, 4.69) is 57.9 Å². The van der Waals surface area contributed by atoms with E-state index in [1.54, 1.807) is 4.68 Å². The lowest BCUT2D eigenvalue weighted by Crippen LogP contribution is -1.95. The molecule has 0 N–H and O–H groups in total. The molecule has 1 heterocycles. The first-order valence-corrected chi connectivity index (χ1v) is 9.30. The maximum Gasteiger partial charge on any atom is 0.143 e. The molecule has 0 atom stereocenters. The monoisotopic (exact) mass is 515 g/mol. The van der Waals surface area contributed by atoms with Crippen LogP contribution in [0.15, 0.2) is 67.2 Å². The minimum absolute atomic E-state index is 0.716. The predicted molar refractivity (Wildman–Crippen MR) is 105 cm³/mol. The molecule has 0 unspecified atom stereocenters. The van der Waals surface area contributed by atoms with Gasteiger partial charge in [-0.2, -0.15) is 5.10 Å². The van der Waals surface area contributed by atoms with E-state index < -0.39 is 0 Å². The average molecular weight is 518 g/mol. The summed E-state index contributed by atoms with van der Waals surface area (Å²) in [5, 5.41) is 5.12. The Morgan fingerprint density at radius 2 is 1.61 bits per heavy atom. The van der Waals surface area contributed by atoms with E-state index in [1.807, 2.05) is 54.7 Å². The van der Waals surface area contributed by atoms with Crippen LogP contribution in [0.1, 0.15) is 5.56 Å². The molecule has 0 aliphatic heterocycles. The predicted octanol–water partition coefficient (Wildman–Crippen LogP) is 6.56. The Kier molecular flexibility index (Phi) is 5.36. The lowest BCUT2D eigenvalue weighted by atomic mass is 10.2. The molecule has 1 aromatic heterocycles. The SMILES string of the molecule is Clc1ccc(C=Nc2ccc(-n3nc(Br)c(Br)c3Br)cc2)cc1. The fraction of sp³-hybridized carbons (Fsp3) is 0. The lowest BCUT2D eigenvalue weighted by molar-refractivity contribution is 0.852. The molecule has 7 heteroatoms. The highest BCUT2D eigenvalue weighted by Crippen LogP contribution is 2.32. The van der Waals surface area contributed by atoms with Gasteiger partial charge in [-0.25, -0.2) is 4.68 Å². The number of hydrogen-bond acceptors (Lipinski definition) is 2. The summed E-state index contributed by atoms with van der Waals surface area (Å²) < 4.78 is 4.26. The highest BCUT2D eigenvalue weighted by atomic mass is 79.9. The van der Waals surface area contributed by atoms with E-state index in [0.29, 0.717) is 5.02 Å². The topological polar surface area (TPSA) is 30.2 Å². The molecule has 3 rings (SSSR count). The quantitative estimate of drug-likeness (QED) is 0.361. The molecule has 3 aromatic rings. The minimum atomic E-state index is 0.716. The molecular weight excluding hydrogens is 509 g/mol. The van der Waals surface area contributed by atoms with Gasteiger partial charge < -0.3 is 0 Å². The molecule has 0 saturated carbocycles. The van der Waals surface area contributed by atoms with Gasteiger partial charge in [-0.15, -0.1) is 0 Å². The molecule has 2 aromatic carbocycles. The number of rotatable bonds is 3. The van der Waals surface area contributed by atoms with Crippen molar-refractivity contribution in [2.75, 3.05) is 0 Å². The van der Waals surface area contributed by atoms with Gasteiger partial charge in [0.05, 0.1) is 15.8 Å². The summed E-state index contributed by atoms with van der Waals surface area (Å²) >= 11 is 16.2. The zero-order chi connectivity index (χ0) is 16.4. The van der Waals surface area contributed by atoms with Crippen LogP contribution in [0, 0.1) is 0 Å². The Hall–Kier alpha value is -0.950. The first-order valence-electron chi connectivity index (χ1n) is 6.54. The summed E-state index contributed by atoms with van der Waals surface area (Å²) in [7, 11) is 0. The molecule has 0 fully saturated rings. The first-order chi connectivity index (χ1) is 11.0. The number of hydrogen-bond donors (Lipinski definition) is 0. The van der Waals surface area contributed by atoms with E-state index >= 15 is 0 Å². The second-order valence-electron chi connectivity index (χ2n) is 4.63. The molecule has 0 spiro atoms. The number of aliphatic imine (C=N–C) groups is 1. The van der Waals surface area contributed by atoms with Crippen LogP contribution in [0.25, 0.3) is 5.69 Å². The Morgan fingerprint density at radius 1 is 0.957 bits per heavy atom. The van der Waals surface area contributed by atoms with Crippen LogP contribution in [-0.4, -0.2) is 16.0 Å². The molecule has 0 amide bonds. The van der Waals surface area contributed by atoms with Crippen molar-refractivity contribution in [1.82, 2.24) is 9.78 Å². The van der Waals surface area contributed by atoms with Crippen LogP contribution < -0.4 is 0 Å². The maximum absolute atomic E-state index is 5.87. The van der Waals surface area contributed by atoms with Crippen molar-refractivity contribution in [2.24, 2.45) is 4.99 Å². The number of nitrogens with zero attached hydrogens (tertiary/aromatic N) is 3. The summed E-state index contributed by atoms with van der Waals surface area (Å²) in [4.78, 5) is 4.46. The number of aromatic nitrogens is 2. The fourth-order valence-corrected chi connectivity index (χ4v) is 3.36. The summed E-state index contributed by atoms with van der Waals surface area (Å²) in [6, 6.07) is 15.4. The van der Waals surface area contributed by atoms with Crippen LogP contribution in [0.2, 0.25) is 5.02 Å². The summed E-state index contributed by atoms with van der Waals surface area (Å²) in [6.07, 6.45) is 1.81. The van der Waals surface area contributed by atoms with Crippen molar-refractivity contribution >= 4 is 71.3 Å². The average Bonchev–Trinajstić information content (AvgIpc) is 2.82. The third-order valence-electron chi connectivity index (χ3n) is 3.06. The second kappa shape index (κ2) is 7.30. The van der Waals surface area contributed by atoms with E-state index in [-0.39, 0.29) is 0 Å². The van der Waals surface area contributed by atoms with E-state index in [0.717, 1.165) is 30.6 Å². The van der Waals surface area contributed by atoms with Gasteiger partial charge in [0.1, 0.15) is 9.21 Å². The van der Waals surface area contributed by atoms with Crippen LogP contribution in [0.5, 0.6) is 0 Å². The van der Waals surface area contributed by atoms with Crippen LogP contribution in [-0.2, 0) is 0 Å². The highest BCUT2D eigenvalue weighted by molar-refractivity contribution is 9.14. The Labute approximate surface area is 163 Å². The standard InChI is InChI=1S/C16H9Br3ClN3/c17-14-15(18)22-23(16(14)19)13-7-5-12(6-8-13)21-9-10-1-3-11(20)4-2-10/h1-9H. The van der Waals surface area contributed by atoms with Gasteiger partial charge in [0.25, 0.3) is 0 Å². The summed E-state index contributed by atoms with van der Waals surface area (Å²) in [5.41, 5.74) is 2.81. The van der Waals surface area contributed by atoms with E-state index in [4.69, 9.17) is 11.6 Å². The van der Waals surface area contributed by atoms with E-state index in [1.165, 1.54) is 0 Å². The number of halogens is 4. The van der Waals surface area contributed by atoms with Crippen LogP contribution in [0.4, 0.5) is 5.69 Å². The molecule has 0 aliphatic rings. The van der Waals surface area contributed by atoms with Gasteiger partial charge in [-0.1, -0.05) is 23.7 Å². The second-order valence-corrected chi connectivity index (χ2v) is 7.37. The Balaban J connectivity index is 1.82. The van der Waals surface area contributed by atoms with Gasteiger partial charge in [-0.05, 0) is 89.8 Å². The van der Waals surface area contributed by atoms with Gasteiger partial charge in [0.15, 0.2) is 0 Å². The van der Waals surface area contributed by atoms with Crippen molar-refractivity contribution < 1.29 is 0 Å². The van der Waals surface area contributed by atoms with Crippen molar-refractivity contribution in [3.8, 4) is 5.69 Å². The highest BCUT2D eigenvalue weighted by Gasteiger charge is 2.12. The maximum atomic E-state index is 5.87. The molecule has 0 bridgehead atoms. The molecule has 23 heavy (non-hydrogen) atoms. The van der Waals surface area contributed by atoms with Gasteiger partial charge in [0, 0.05) is 11.2 Å². The van der Waals surface area contributed by atoms with Gasteiger partial charge >= 0.3 is 0 Å². The van der Waals surface area contributed by atoms with Crippen molar-refractivity contribution in [3.05, 3.63) is 72.8 Å². The van der Waals surface area contributed by atoms with E-state index in [9.17, 15) is 0 Å². The molecular formula is C16H9Br3ClN3. The first kappa shape index (κ1) is 16.9. The third-order valence-corrected chi connectivity index (χ3v) is 6.42. The lowest BCUT2D eigenvalue weighted by Gasteiger charge is -2.03. The zero-order valence-corrected chi connectivity index (χ0v) is 17.1. The van der Waals surface area contributed by atoms with Crippen molar-refractivity contribution in [3.63, 3.8) is 0 Å². The molecule has 0 aliphatic carbocycles. The largest absolute Gasteiger partial charge is 0.256 e. The smallest absolute Gasteiger partial charge is 0.143 e. The van der Waals surface area contributed by atoms with Crippen LogP contribution in [0.3, 0.4) is 0 Å². The molecule has 3 nitrogen and oxygen atoms in total. The third kappa shape index (κ3) is 3.94. The molecule has 116 valence electrons. The molecule has 0 radical (unpaired) electrons. The minimum Gasteiger partial charge on any atom is -0.256 e. The van der Waals surface area contributed by atoms with Crippen molar-refractivity contribution in [1.29, 1.82) is 0 Å². The van der Waals surface area contributed by atoms with Crippen LogP contribution >= 0.6 is 59.4 Å². The normalized spacial score (nSPS) is 11.3. The summed E-state index contributed by atoms with van der Waals surface area (Å²) in [6.45, 7) is 0. The van der Waals surface area contributed by atoms with Crippen molar-refractivity contribution in [2.45, 2.75) is 0 Å². The Bertz CT molecular complexity index is 856. The zero-order valence-electron chi connectivity index (χ0n) is 11.5. The number of benzene rings is 2. The Morgan fingerprint density at radius 3 is 2.17 bits per heavy atom. The van der Waals surface area contributed by atoms with Gasteiger partial charge in [-0.3, -0.25) is 4.99 Å².